The molecular weight excluding hydrogens is 358 g/mol. The number of anilines is 1. The average molecular weight is 392 g/mol. The Balaban J connectivity index is 1.37. The van der Waals surface area contributed by atoms with Gasteiger partial charge in [-0.3, -0.25) is 4.79 Å². The van der Waals surface area contributed by atoms with E-state index in [1.807, 2.05) is 0 Å². The number of piperidine rings is 1. The number of rotatable bonds is 5. The maximum Gasteiger partial charge on any atom is 0.306 e. The monoisotopic (exact) mass is 391 g/mol. The lowest BCUT2D eigenvalue weighted by Gasteiger charge is -2.37. The highest BCUT2D eigenvalue weighted by molar-refractivity contribution is 5.74. The SMILES string of the molecule is Cc1c(-c2ccccc2)cccc1N1CCC(CC2CCCC(C(=O)O)C2)CC1. The Bertz CT molecular complexity index is 824. The van der Waals surface area contributed by atoms with Gasteiger partial charge in [-0.25, -0.2) is 0 Å². The predicted octanol–water partition coefficient (Wildman–Crippen LogP) is 6.16. The fraction of sp³-hybridized carbons (Fsp3) is 0.500. The fourth-order valence-corrected chi connectivity index (χ4v) is 5.51. The third kappa shape index (κ3) is 4.66. The highest BCUT2D eigenvalue weighted by Gasteiger charge is 2.30. The molecule has 1 N–H and O–H groups in total. The van der Waals surface area contributed by atoms with Crippen LogP contribution in [0.15, 0.2) is 48.5 Å². The van der Waals surface area contributed by atoms with Gasteiger partial charge in [-0.15, -0.1) is 0 Å². The van der Waals surface area contributed by atoms with Crippen molar-refractivity contribution in [3.63, 3.8) is 0 Å². The molecule has 1 saturated heterocycles. The Labute approximate surface area is 174 Å². The smallest absolute Gasteiger partial charge is 0.306 e. The van der Waals surface area contributed by atoms with Gasteiger partial charge >= 0.3 is 5.97 Å². The van der Waals surface area contributed by atoms with Crippen LogP contribution in [-0.2, 0) is 4.79 Å². The van der Waals surface area contributed by atoms with Crippen LogP contribution in [0.4, 0.5) is 5.69 Å². The third-order valence-electron chi connectivity index (χ3n) is 7.14. The summed E-state index contributed by atoms with van der Waals surface area (Å²) in [6.45, 7) is 4.47. The second-order valence-electron chi connectivity index (χ2n) is 9.05. The zero-order chi connectivity index (χ0) is 20.2. The predicted molar refractivity (Wildman–Crippen MR) is 119 cm³/mol. The van der Waals surface area contributed by atoms with Gasteiger partial charge in [-0.1, -0.05) is 55.3 Å². The molecule has 1 aliphatic heterocycles. The molecule has 2 aliphatic rings. The Hall–Kier alpha value is -2.29. The van der Waals surface area contributed by atoms with Crippen molar-refractivity contribution >= 4 is 11.7 Å². The summed E-state index contributed by atoms with van der Waals surface area (Å²) in [5.41, 5.74) is 5.35. The number of aliphatic carboxylic acids is 1. The summed E-state index contributed by atoms with van der Waals surface area (Å²) < 4.78 is 0. The molecule has 1 heterocycles. The first-order chi connectivity index (χ1) is 14.1. The number of hydrogen-bond acceptors (Lipinski definition) is 2. The Kier molecular flexibility index (Phi) is 6.22. The van der Waals surface area contributed by atoms with Crippen molar-refractivity contribution in [1.29, 1.82) is 0 Å². The lowest BCUT2D eigenvalue weighted by atomic mass is 9.75. The Morgan fingerprint density at radius 1 is 0.966 bits per heavy atom. The van der Waals surface area contributed by atoms with Gasteiger partial charge in [-0.2, -0.15) is 0 Å². The minimum atomic E-state index is -0.585. The van der Waals surface area contributed by atoms with Crippen LogP contribution in [0.2, 0.25) is 0 Å². The standard InChI is InChI=1S/C26H33NO2/c1-19-24(22-8-3-2-4-9-22)11-6-12-25(19)27-15-13-20(14-16-27)17-21-7-5-10-23(18-21)26(28)29/h2-4,6,8-9,11-12,20-21,23H,5,7,10,13-18H2,1H3,(H,28,29). The largest absolute Gasteiger partial charge is 0.481 e. The maximum absolute atomic E-state index is 11.3. The molecule has 2 fully saturated rings. The molecule has 2 aromatic rings. The second kappa shape index (κ2) is 9.02. The molecular formula is C26H33NO2. The maximum atomic E-state index is 11.3. The zero-order valence-corrected chi connectivity index (χ0v) is 17.5. The van der Waals surface area contributed by atoms with Gasteiger partial charge in [0.2, 0.25) is 0 Å². The number of benzene rings is 2. The number of nitrogens with zero attached hydrogens (tertiary/aromatic N) is 1. The van der Waals surface area contributed by atoms with Gasteiger partial charge in [0.05, 0.1) is 5.92 Å². The van der Waals surface area contributed by atoms with Crippen LogP contribution < -0.4 is 4.90 Å². The molecule has 2 aromatic carbocycles. The highest BCUT2D eigenvalue weighted by atomic mass is 16.4. The normalized spacial score (nSPS) is 23.1. The van der Waals surface area contributed by atoms with Crippen molar-refractivity contribution in [2.45, 2.75) is 51.9 Å². The van der Waals surface area contributed by atoms with E-state index in [2.05, 4.69) is 60.4 Å². The topological polar surface area (TPSA) is 40.5 Å². The first-order valence-electron chi connectivity index (χ1n) is 11.2. The molecule has 2 unspecified atom stereocenters. The third-order valence-corrected chi connectivity index (χ3v) is 7.14. The lowest BCUT2D eigenvalue weighted by Crippen LogP contribution is -2.35. The van der Waals surface area contributed by atoms with Gasteiger partial charge in [0.1, 0.15) is 0 Å². The molecule has 1 aliphatic carbocycles. The van der Waals surface area contributed by atoms with E-state index in [1.165, 1.54) is 48.1 Å². The summed E-state index contributed by atoms with van der Waals surface area (Å²) in [6.07, 6.45) is 7.76. The van der Waals surface area contributed by atoms with Crippen LogP contribution in [0.1, 0.15) is 50.5 Å². The average Bonchev–Trinajstić information content (AvgIpc) is 2.75. The highest BCUT2D eigenvalue weighted by Crippen LogP contribution is 2.37. The Morgan fingerprint density at radius 3 is 2.45 bits per heavy atom. The van der Waals surface area contributed by atoms with Crippen LogP contribution in [-0.4, -0.2) is 24.2 Å². The summed E-state index contributed by atoms with van der Waals surface area (Å²) in [7, 11) is 0. The molecule has 0 radical (unpaired) electrons. The van der Waals surface area contributed by atoms with E-state index in [1.54, 1.807) is 0 Å². The molecule has 3 heteroatoms. The number of carbonyl (C=O) groups is 1. The minimum absolute atomic E-state index is 0.0998. The summed E-state index contributed by atoms with van der Waals surface area (Å²) in [5, 5.41) is 9.35. The van der Waals surface area contributed by atoms with Crippen LogP contribution in [0, 0.1) is 24.7 Å². The van der Waals surface area contributed by atoms with Gasteiger partial charge < -0.3 is 10.0 Å². The first-order valence-corrected chi connectivity index (χ1v) is 11.2. The van der Waals surface area contributed by atoms with Crippen LogP contribution in [0.25, 0.3) is 11.1 Å². The van der Waals surface area contributed by atoms with Crippen LogP contribution in [0.3, 0.4) is 0 Å². The quantitative estimate of drug-likeness (QED) is 0.663. The van der Waals surface area contributed by atoms with Crippen molar-refractivity contribution in [3.8, 4) is 11.1 Å². The molecule has 1 saturated carbocycles. The van der Waals surface area contributed by atoms with E-state index in [0.717, 1.165) is 38.3 Å². The molecule has 4 rings (SSSR count). The second-order valence-corrected chi connectivity index (χ2v) is 9.05. The van der Waals surface area contributed by atoms with Gasteiger partial charge in [0, 0.05) is 18.8 Å². The summed E-state index contributed by atoms with van der Waals surface area (Å²) in [4.78, 5) is 13.9. The molecule has 3 nitrogen and oxygen atoms in total. The number of carboxylic acid groups (broad SMARTS) is 1. The zero-order valence-electron chi connectivity index (χ0n) is 17.5. The Morgan fingerprint density at radius 2 is 1.72 bits per heavy atom. The molecule has 29 heavy (non-hydrogen) atoms. The molecule has 154 valence electrons. The number of hydrogen-bond donors (Lipinski definition) is 1. The van der Waals surface area contributed by atoms with Gasteiger partial charge in [-0.05, 0) is 73.6 Å². The van der Waals surface area contributed by atoms with Crippen molar-refractivity contribution in [2.75, 3.05) is 18.0 Å². The van der Waals surface area contributed by atoms with E-state index in [-0.39, 0.29) is 5.92 Å². The van der Waals surface area contributed by atoms with Crippen molar-refractivity contribution in [3.05, 3.63) is 54.1 Å². The van der Waals surface area contributed by atoms with Crippen LogP contribution >= 0.6 is 0 Å². The fourth-order valence-electron chi connectivity index (χ4n) is 5.51. The van der Waals surface area contributed by atoms with E-state index in [9.17, 15) is 9.90 Å². The summed E-state index contributed by atoms with van der Waals surface area (Å²) in [6, 6.07) is 17.3. The van der Waals surface area contributed by atoms with E-state index < -0.39 is 5.97 Å². The van der Waals surface area contributed by atoms with E-state index >= 15 is 0 Å². The van der Waals surface area contributed by atoms with Crippen LogP contribution in [0.5, 0.6) is 0 Å². The molecule has 0 bridgehead atoms. The summed E-state index contributed by atoms with van der Waals surface area (Å²) in [5.74, 6) is 0.682. The van der Waals surface area contributed by atoms with Gasteiger partial charge in [0.25, 0.3) is 0 Å². The molecule has 0 amide bonds. The van der Waals surface area contributed by atoms with Crippen molar-refractivity contribution in [2.24, 2.45) is 17.8 Å². The summed E-state index contributed by atoms with van der Waals surface area (Å²) >= 11 is 0. The molecule has 0 spiro atoms. The van der Waals surface area contributed by atoms with E-state index in [4.69, 9.17) is 0 Å². The lowest BCUT2D eigenvalue weighted by molar-refractivity contribution is -0.143. The van der Waals surface area contributed by atoms with Crippen molar-refractivity contribution < 1.29 is 9.90 Å². The number of carboxylic acids is 1. The van der Waals surface area contributed by atoms with E-state index in [0.29, 0.717) is 5.92 Å². The molecule has 0 aromatic heterocycles. The van der Waals surface area contributed by atoms with Crippen molar-refractivity contribution in [1.82, 2.24) is 0 Å². The van der Waals surface area contributed by atoms with Gasteiger partial charge in [0.15, 0.2) is 0 Å². The molecule has 2 atom stereocenters. The minimum Gasteiger partial charge on any atom is -0.481 e. The first kappa shape index (κ1) is 20.0.